The Morgan fingerprint density at radius 1 is 1.16 bits per heavy atom. The van der Waals surface area contributed by atoms with Gasteiger partial charge in [0.1, 0.15) is 0 Å². The van der Waals surface area contributed by atoms with Gasteiger partial charge >= 0.3 is 0 Å². The second-order valence-electron chi connectivity index (χ2n) is 5.97. The Balaban J connectivity index is 2.27. The molecule has 0 heterocycles. The van der Waals surface area contributed by atoms with E-state index < -0.39 is 0 Å². The molecule has 0 unspecified atom stereocenters. The summed E-state index contributed by atoms with van der Waals surface area (Å²) in [6.07, 6.45) is 8.52. The van der Waals surface area contributed by atoms with Gasteiger partial charge in [0.05, 0.1) is 0 Å². The summed E-state index contributed by atoms with van der Waals surface area (Å²) < 4.78 is 1.24. The van der Waals surface area contributed by atoms with Crippen LogP contribution in [0.3, 0.4) is 0 Å². The number of halogens is 1. The molecule has 2 rings (SSSR count). The van der Waals surface area contributed by atoms with Crippen molar-refractivity contribution >= 4 is 15.9 Å². The van der Waals surface area contributed by atoms with E-state index in [1.54, 1.807) is 0 Å². The van der Waals surface area contributed by atoms with E-state index in [0.717, 1.165) is 12.8 Å². The first-order valence-electron chi connectivity index (χ1n) is 7.69. The molecule has 0 radical (unpaired) electrons. The summed E-state index contributed by atoms with van der Waals surface area (Å²) in [7, 11) is 0. The van der Waals surface area contributed by atoms with Crippen LogP contribution in [0.25, 0.3) is 0 Å². The van der Waals surface area contributed by atoms with Crippen molar-refractivity contribution in [2.24, 2.45) is 5.73 Å². The van der Waals surface area contributed by atoms with Crippen molar-refractivity contribution in [1.29, 1.82) is 0 Å². The molecule has 0 saturated heterocycles. The molecule has 1 nitrogen and oxygen atoms in total. The number of hydrogen-bond acceptors (Lipinski definition) is 1. The molecule has 106 valence electrons. The molecule has 1 saturated carbocycles. The summed E-state index contributed by atoms with van der Waals surface area (Å²) in [5, 5.41) is 0. The quantitative estimate of drug-likeness (QED) is 0.781. The number of benzene rings is 1. The standard InChI is InChI=1S/C17H26BrN/c1-3-13(4-2)15-9-8-14(12-16(15)18)17(19)10-6-5-7-11-17/h8-9,12-13H,3-7,10-11,19H2,1-2H3. The SMILES string of the molecule is CCC(CC)c1ccc(C2(N)CCCCC2)cc1Br. The smallest absolute Gasteiger partial charge is 0.0410 e. The van der Waals surface area contributed by atoms with E-state index in [0.29, 0.717) is 5.92 Å². The molecule has 0 spiro atoms. The van der Waals surface area contributed by atoms with Crippen LogP contribution in [0.15, 0.2) is 22.7 Å². The Bertz CT molecular complexity index is 417. The monoisotopic (exact) mass is 323 g/mol. The second kappa shape index (κ2) is 6.41. The molecule has 0 amide bonds. The van der Waals surface area contributed by atoms with Gasteiger partial charge in [-0.2, -0.15) is 0 Å². The van der Waals surface area contributed by atoms with Crippen molar-refractivity contribution in [2.75, 3.05) is 0 Å². The van der Waals surface area contributed by atoms with Gasteiger partial charge in [-0.15, -0.1) is 0 Å². The molecule has 0 aromatic heterocycles. The lowest BCUT2D eigenvalue weighted by Gasteiger charge is -2.34. The predicted octanol–water partition coefficient (Wildman–Crippen LogP) is 5.47. The summed E-state index contributed by atoms with van der Waals surface area (Å²) in [5.74, 6) is 0.656. The third-order valence-corrected chi connectivity index (χ3v) is 5.43. The van der Waals surface area contributed by atoms with Crippen LogP contribution in [0.1, 0.15) is 75.8 Å². The highest BCUT2D eigenvalue weighted by Gasteiger charge is 2.29. The largest absolute Gasteiger partial charge is 0.321 e. The molecule has 0 atom stereocenters. The van der Waals surface area contributed by atoms with Crippen LogP contribution >= 0.6 is 15.9 Å². The van der Waals surface area contributed by atoms with Crippen molar-refractivity contribution < 1.29 is 0 Å². The van der Waals surface area contributed by atoms with Crippen LogP contribution in [0.2, 0.25) is 0 Å². The van der Waals surface area contributed by atoms with Crippen LogP contribution in [0.5, 0.6) is 0 Å². The van der Waals surface area contributed by atoms with Crippen molar-refractivity contribution in [3.63, 3.8) is 0 Å². The molecule has 1 aliphatic carbocycles. The van der Waals surface area contributed by atoms with E-state index in [4.69, 9.17) is 5.73 Å². The van der Waals surface area contributed by atoms with Crippen LogP contribution in [-0.2, 0) is 5.54 Å². The third kappa shape index (κ3) is 3.22. The first-order valence-corrected chi connectivity index (χ1v) is 8.49. The fourth-order valence-electron chi connectivity index (χ4n) is 3.37. The van der Waals surface area contributed by atoms with E-state index in [1.807, 2.05) is 0 Å². The zero-order valence-corrected chi connectivity index (χ0v) is 13.8. The molecule has 19 heavy (non-hydrogen) atoms. The summed E-state index contributed by atoms with van der Waals surface area (Å²) in [4.78, 5) is 0. The normalized spacial score (nSPS) is 18.8. The van der Waals surface area contributed by atoms with Gasteiger partial charge in [0.2, 0.25) is 0 Å². The lowest BCUT2D eigenvalue weighted by atomic mass is 9.77. The van der Waals surface area contributed by atoms with Crippen molar-refractivity contribution in [1.82, 2.24) is 0 Å². The molecular formula is C17H26BrN. The van der Waals surface area contributed by atoms with Crippen molar-refractivity contribution in [2.45, 2.75) is 70.3 Å². The third-order valence-electron chi connectivity index (χ3n) is 4.75. The molecular weight excluding hydrogens is 298 g/mol. The van der Waals surface area contributed by atoms with E-state index in [-0.39, 0.29) is 5.54 Å². The maximum absolute atomic E-state index is 6.62. The predicted molar refractivity (Wildman–Crippen MR) is 86.4 cm³/mol. The lowest BCUT2D eigenvalue weighted by molar-refractivity contribution is 0.302. The Morgan fingerprint density at radius 2 is 1.79 bits per heavy atom. The average molecular weight is 324 g/mol. The lowest BCUT2D eigenvalue weighted by Crippen LogP contribution is -2.38. The Labute approximate surface area is 126 Å². The van der Waals surface area contributed by atoms with Gasteiger partial charge in [0, 0.05) is 10.0 Å². The summed E-state index contributed by atoms with van der Waals surface area (Å²) >= 11 is 3.76. The average Bonchev–Trinajstić information content (AvgIpc) is 2.42. The fraction of sp³-hybridized carbons (Fsp3) is 0.647. The van der Waals surface area contributed by atoms with Crippen molar-refractivity contribution in [3.8, 4) is 0 Å². The van der Waals surface area contributed by atoms with Gasteiger partial charge < -0.3 is 5.73 Å². The van der Waals surface area contributed by atoms with Crippen LogP contribution in [0, 0.1) is 0 Å². The molecule has 1 aromatic rings. The van der Waals surface area contributed by atoms with Gasteiger partial charge in [-0.1, -0.05) is 61.2 Å². The van der Waals surface area contributed by atoms with Gasteiger partial charge in [-0.05, 0) is 48.8 Å². The van der Waals surface area contributed by atoms with Crippen LogP contribution in [0.4, 0.5) is 0 Å². The van der Waals surface area contributed by atoms with Gasteiger partial charge in [0.15, 0.2) is 0 Å². The Morgan fingerprint density at radius 3 is 2.32 bits per heavy atom. The minimum atomic E-state index is -0.0901. The highest BCUT2D eigenvalue weighted by atomic mass is 79.9. The fourth-order valence-corrected chi connectivity index (χ4v) is 4.07. The van der Waals surface area contributed by atoms with E-state index in [1.165, 1.54) is 47.7 Å². The Kier molecular flexibility index (Phi) is 5.08. The number of hydrogen-bond donors (Lipinski definition) is 1. The van der Waals surface area contributed by atoms with Crippen LogP contribution in [-0.4, -0.2) is 0 Å². The summed E-state index contributed by atoms with van der Waals surface area (Å²) in [6.45, 7) is 4.53. The Hall–Kier alpha value is -0.340. The second-order valence-corrected chi connectivity index (χ2v) is 6.82. The molecule has 0 bridgehead atoms. The number of nitrogens with two attached hydrogens (primary N) is 1. The molecule has 0 aliphatic heterocycles. The van der Waals surface area contributed by atoms with Crippen molar-refractivity contribution in [3.05, 3.63) is 33.8 Å². The topological polar surface area (TPSA) is 26.0 Å². The van der Waals surface area contributed by atoms with Gasteiger partial charge in [-0.3, -0.25) is 0 Å². The van der Waals surface area contributed by atoms with Crippen LogP contribution < -0.4 is 5.73 Å². The van der Waals surface area contributed by atoms with E-state index >= 15 is 0 Å². The number of rotatable bonds is 4. The maximum atomic E-state index is 6.62. The van der Waals surface area contributed by atoms with Gasteiger partial charge in [-0.25, -0.2) is 0 Å². The first kappa shape index (κ1) is 15.1. The minimum absolute atomic E-state index is 0.0901. The minimum Gasteiger partial charge on any atom is -0.321 e. The molecule has 1 aliphatic rings. The zero-order chi connectivity index (χ0) is 13.9. The summed E-state index contributed by atoms with van der Waals surface area (Å²) in [5.41, 5.74) is 9.28. The first-order chi connectivity index (χ1) is 9.10. The molecule has 1 fully saturated rings. The zero-order valence-electron chi connectivity index (χ0n) is 12.2. The highest BCUT2D eigenvalue weighted by Crippen LogP contribution is 2.38. The molecule has 1 aromatic carbocycles. The van der Waals surface area contributed by atoms with E-state index in [2.05, 4.69) is 48.0 Å². The summed E-state index contributed by atoms with van der Waals surface area (Å²) in [6, 6.07) is 6.84. The molecule has 2 N–H and O–H groups in total. The van der Waals surface area contributed by atoms with E-state index in [9.17, 15) is 0 Å². The highest BCUT2D eigenvalue weighted by molar-refractivity contribution is 9.10. The maximum Gasteiger partial charge on any atom is 0.0410 e. The molecule has 2 heteroatoms. The van der Waals surface area contributed by atoms with Gasteiger partial charge in [0.25, 0.3) is 0 Å².